The smallest absolute Gasteiger partial charge is 0.221 e. The Morgan fingerprint density at radius 3 is 2.81 bits per heavy atom. The molecule has 1 aromatic rings. The number of nitrogens with one attached hydrogen (secondary N) is 1. The zero-order chi connectivity index (χ0) is 11.4. The molecule has 2 rings (SSSR count). The third-order valence-electron chi connectivity index (χ3n) is 2.96. The third kappa shape index (κ3) is 2.43. The molecule has 88 valence electrons. The standard InChI is InChI=1S/C12H19N3O/c1-3-13-11-9(2)12(15-8-14-11)16-10-6-4-5-7-10/h8,10H,3-7H2,1-2H3,(H,13,14,15). The van der Waals surface area contributed by atoms with E-state index in [4.69, 9.17) is 4.74 Å². The van der Waals surface area contributed by atoms with E-state index in [0.29, 0.717) is 6.10 Å². The minimum atomic E-state index is 0.350. The van der Waals surface area contributed by atoms with Gasteiger partial charge in [-0.2, -0.15) is 0 Å². The molecule has 16 heavy (non-hydrogen) atoms. The Balaban J connectivity index is 2.10. The van der Waals surface area contributed by atoms with E-state index in [9.17, 15) is 0 Å². The molecule has 0 spiro atoms. The molecule has 1 aromatic heterocycles. The van der Waals surface area contributed by atoms with Crippen molar-refractivity contribution in [2.24, 2.45) is 0 Å². The highest BCUT2D eigenvalue weighted by Gasteiger charge is 2.18. The van der Waals surface area contributed by atoms with Crippen LogP contribution in [0.1, 0.15) is 38.2 Å². The van der Waals surface area contributed by atoms with Crippen molar-refractivity contribution in [3.8, 4) is 5.88 Å². The maximum Gasteiger partial charge on any atom is 0.221 e. The Labute approximate surface area is 96.4 Å². The first-order valence-corrected chi connectivity index (χ1v) is 6.03. The first-order chi connectivity index (χ1) is 7.81. The monoisotopic (exact) mass is 221 g/mol. The molecule has 1 N–H and O–H groups in total. The lowest BCUT2D eigenvalue weighted by Gasteiger charge is -2.15. The van der Waals surface area contributed by atoms with Gasteiger partial charge in [0.2, 0.25) is 5.88 Å². The summed E-state index contributed by atoms with van der Waals surface area (Å²) >= 11 is 0. The van der Waals surface area contributed by atoms with Gasteiger partial charge in [0.15, 0.2) is 0 Å². The van der Waals surface area contributed by atoms with Crippen LogP contribution in [0.4, 0.5) is 5.82 Å². The zero-order valence-electron chi connectivity index (χ0n) is 9.99. The van der Waals surface area contributed by atoms with Crippen molar-refractivity contribution in [1.29, 1.82) is 0 Å². The van der Waals surface area contributed by atoms with Crippen molar-refractivity contribution in [2.75, 3.05) is 11.9 Å². The number of hydrogen-bond acceptors (Lipinski definition) is 4. The van der Waals surface area contributed by atoms with Crippen molar-refractivity contribution in [1.82, 2.24) is 9.97 Å². The second-order valence-corrected chi connectivity index (χ2v) is 4.21. The maximum atomic E-state index is 5.90. The molecule has 1 heterocycles. The van der Waals surface area contributed by atoms with E-state index in [1.54, 1.807) is 6.33 Å². The van der Waals surface area contributed by atoms with Crippen LogP contribution in [-0.4, -0.2) is 22.6 Å². The molecule has 0 aliphatic heterocycles. The number of ether oxygens (including phenoxy) is 1. The first kappa shape index (κ1) is 11.2. The van der Waals surface area contributed by atoms with Gasteiger partial charge in [-0.3, -0.25) is 0 Å². The van der Waals surface area contributed by atoms with Crippen LogP contribution in [0.3, 0.4) is 0 Å². The molecular weight excluding hydrogens is 202 g/mol. The Kier molecular flexibility index (Phi) is 3.59. The highest BCUT2D eigenvalue weighted by Crippen LogP contribution is 2.26. The molecule has 0 amide bonds. The Hall–Kier alpha value is -1.32. The van der Waals surface area contributed by atoms with Crippen LogP contribution in [0.15, 0.2) is 6.33 Å². The van der Waals surface area contributed by atoms with Gasteiger partial charge >= 0.3 is 0 Å². The van der Waals surface area contributed by atoms with Crippen LogP contribution in [-0.2, 0) is 0 Å². The molecule has 1 saturated carbocycles. The fraction of sp³-hybridized carbons (Fsp3) is 0.667. The van der Waals surface area contributed by atoms with E-state index in [1.807, 2.05) is 6.92 Å². The van der Waals surface area contributed by atoms with Crippen molar-refractivity contribution in [2.45, 2.75) is 45.6 Å². The van der Waals surface area contributed by atoms with Gasteiger partial charge in [-0.05, 0) is 39.5 Å². The average Bonchev–Trinajstić information content (AvgIpc) is 2.77. The molecule has 1 aliphatic rings. The van der Waals surface area contributed by atoms with Gasteiger partial charge in [0.05, 0.1) is 5.56 Å². The van der Waals surface area contributed by atoms with E-state index in [1.165, 1.54) is 12.8 Å². The van der Waals surface area contributed by atoms with Crippen LogP contribution >= 0.6 is 0 Å². The average molecular weight is 221 g/mol. The lowest BCUT2D eigenvalue weighted by atomic mass is 10.3. The second kappa shape index (κ2) is 5.14. The lowest BCUT2D eigenvalue weighted by molar-refractivity contribution is 0.199. The summed E-state index contributed by atoms with van der Waals surface area (Å²) in [6.07, 6.45) is 6.77. The predicted molar refractivity (Wildman–Crippen MR) is 63.8 cm³/mol. The molecule has 0 bridgehead atoms. The number of hydrogen-bond donors (Lipinski definition) is 1. The number of aromatic nitrogens is 2. The number of anilines is 1. The van der Waals surface area contributed by atoms with Gasteiger partial charge in [0, 0.05) is 6.54 Å². The van der Waals surface area contributed by atoms with Gasteiger partial charge in [0.1, 0.15) is 18.2 Å². The van der Waals surface area contributed by atoms with Crippen LogP contribution in [0, 0.1) is 6.92 Å². The van der Waals surface area contributed by atoms with Crippen molar-refractivity contribution < 1.29 is 4.74 Å². The van der Waals surface area contributed by atoms with Crippen molar-refractivity contribution in [3.63, 3.8) is 0 Å². The molecule has 0 atom stereocenters. The van der Waals surface area contributed by atoms with Crippen LogP contribution in [0.2, 0.25) is 0 Å². The Morgan fingerprint density at radius 2 is 2.12 bits per heavy atom. The highest BCUT2D eigenvalue weighted by atomic mass is 16.5. The molecule has 0 saturated heterocycles. The van der Waals surface area contributed by atoms with Crippen molar-refractivity contribution in [3.05, 3.63) is 11.9 Å². The fourth-order valence-electron chi connectivity index (χ4n) is 2.06. The molecule has 0 unspecified atom stereocenters. The van der Waals surface area contributed by atoms with Gasteiger partial charge in [-0.1, -0.05) is 0 Å². The van der Waals surface area contributed by atoms with Gasteiger partial charge in [0.25, 0.3) is 0 Å². The summed E-state index contributed by atoms with van der Waals surface area (Å²) in [6, 6.07) is 0. The normalized spacial score (nSPS) is 16.4. The fourth-order valence-corrected chi connectivity index (χ4v) is 2.06. The van der Waals surface area contributed by atoms with Crippen molar-refractivity contribution >= 4 is 5.82 Å². The maximum absolute atomic E-state index is 5.90. The van der Waals surface area contributed by atoms with Gasteiger partial charge < -0.3 is 10.1 Å². The van der Waals surface area contributed by atoms with Crippen LogP contribution in [0.25, 0.3) is 0 Å². The largest absolute Gasteiger partial charge is 0.474 e. The van der Waals surface area contributed by atoms with E-state index >= 15 is 0 Å². The van der Waals surface area contributed by atoms with Gasteiger partial charge in [-0.25, -0.2) is 9.97 Å². The predicted octanol–water partition coefficient (Wildman–Crippen LogP) is 2.54. The van der Waals surface area contributed by atoms with E-state index in [0.717, 1.165) is 36.6 Å². The molecule has 1 fully saturated rings. The molecule has 0 radical (unpaired) electrons. The zero-order valence-corrected chi connectivity index (χ0v) is 9.99. The SMILES string of the molecule is CCNc1ncnc(OC2CCCC2)c1C. The number of rotatable bonds is 4. The summed E-state index contributed by atoms with van der Waals surface area (Å²) in [7, 11) is 0. The lowest BCUT2D eigenvalue weighted by Crippen LogP contribution is -2.14. The summed E-state index contributed by atoms with van der Waals surface area (Å²) in [6.45, 7) is 4.92. The minimum absolute atomic E-state index is 0.350. The first-order valence-electron chi connectivity index (χ1n) is 6.03. The van der Waals surface area contributed by atoms with E-state index < -0.39 is 0 Å². The Bertz CT molecular complexity index is 348. The third-order valence-corrected chi connectivity index (χ3v) is 2.96. The van der Waals surface area contributed by atoms with Gasteiger partial charge in [-0.15, -0.1) is 0 Å². The van der Waals surface area contributed by atoms with E-state index in [2.05, 4.69) is 22.2 Å². The summed E-state index contributed by atoms with van der Waals surface area (Å²) in [5.74, 6) is 1.61. The Morgan fingerprint density at radius 1 is 1.38 bits per heavy atom. The highest BCUT2D eigenvalue weighted by molar-refractivity contribution is 5.47. The molecule has 4 heteroatoms. The second-order valence-electron chi connectivity index (χ2n) is 4.21. The van der Waals surface area contributed by atoms with Crippen LogP contribution < -0.4 is 10.1 Å². The molecular formula is C12H19N3O. The minimum Gasteiger partial charge on any atom is -0.474 e. The number of nitrogens with zero attached hydrogens (tertiary/aromatic N) is 2. The summed E-state index contributed by atoms with van der Waals surface area (Å²) in [4.78, 5) is 8.41. The summed E-state index contributed by atoms with van der Waals surface area (Å²) in [5, 5.41) is 3.21. The van der Waals surface area contributed by atoms with Crippen LogP contribution in [0.5, 0.6) is 5.88 Å². The van der Waals surface area contributed by atoms with E-state index in [-0.39, 0.29) is 0 Å². The molecule has 0 aromatic carbocycles. The topological polar surface area (TPSA) is 47.0 Å². The summed E-state index contributed by atoms with van der Waals surface area (Å²) in [5.41, 5.74) is 1.01. The molecule has 4 nitrogen and oxygen atoms in total. The summed E-state index contributed by atoms with van der Waals surface area (Å²) < 4.78 is 5.90. The quantitative estimate of drug-likeness (QED) is 0.848. The molecule has 1 aliphatic carbocycles.